The van der Waals surface area contributed by atoms with Crippen LogP contribution in [0.15, 0.2) is 10.9 Å². The summed E-state index contributed by atoms with van der Waals surface area (Å²) in [6, 6.07) is 0. The van der Waals surface area contributed by atoms with Crippen molar-refractivity contribution < 1.29 is 0 Å². The number of nitrogen functional groups attached to an aromatic ring is 1. The minimum absolute atomic E-state index is 0.520. The summed E-state index contributed by atoms with van der Waals surface area (Å²) in [4.78, 5) is 6.36. The van der Waals surface area contributed by atoms with Gasteiger partial charge < -0.3 is 5.73 Å². The second-order valence-electron chi connectivity index (χ2n) is 3.19. The van der Waals surface area contributed by atoms with Crippen molar-refractivity contribution in [2.75, 3.05) is 12.8 Å². The van der Waals surface area contributed by atoms with Crippen LogP contribution in [-0.2, 0) is 13.1 Å². The molecule has 0 unspecified atom stereocenters. The SMILES string of the molecule is CN(Cc1cscn1)Cc1nnc(N)s1. The standard InChI is InChI=1S/C8H11N5S2/c1-13(2-6-4-14-5-10-6)3-7-11-12-8(9)15-7/h4-5H,2-3H2,1H3,(H2,9,12). The van der Waals surface area contributed by atoms with Gasteiger partial charge in [0.1, 0.15) is 5.01 Å². The molecule has 0 amide bonds. The summed E-state index contributed by atoms with van der Waals surface area (Å²) in [5.74, 6) is 0. The molecule has 0 aliphatic heterocycles. The van der Waals surface area contributed by atoms with Crippen LogP contribution in [0.1, 0.15) is 10.7 Å². The molecule has 0 fully saturated rings. The van der Waals surface area contributed by atoms with Gasteiger partial charge in [-0.2, -0.15) is 0 Å². The van der Waals surface area contributed by atoms with Crippen molar-refractivity contribution in [2.24, 2.45) is 0 Å². The Morgan fingerprint density at radius 1 is 1.40 bits per heavy atom. The average Bonchev–Trinajstić information content (AvgIpc) is 2.77. The normalized spacial score (nSPS) is 11.1. The lowest BCUT2D eigenvalue weighted by Crippen LogP contribution is -2.17. The Morgan fingerprint density at radius 3 is 2.87 bits per heavy atom. The predicted octanol–water partition coefficient (Wildman–Crippen LogP) is 1.21. The fourth-order valence-corrected chi connectivity index (χ4v) is 2.45. The molecular weight excluding hydrogens is 230 g/mol. The van der Waals surface area contributed by atoms with Crippen molar-refractivity contribution in [2.45, 2.75) is 13.1 Å². The molecule has 0 saturated heterocycles. The Bertz CT molecular complexity index is 410. The first-order valence-electron chi connectivity index (χ1n) is 4.37. The molecule has 5 nitrogen and oxygen atoms in total. The number of thiazole rings is 1. The number of hydrogen-bond acceptors (Lipinski definition) is 7. The fourth-order valence-electron chi connectivity index (χ4n) is 1.21. The van der Waals surface area contributed by atoms with Crippen molar-refractivity contribution in [1.82, 2.24) is 20.1 Å². The minimum Gasteiger partial charge on any atom is -0.374 e. The van der Waals surface area contributed by atoms with E-state index in [2.05, 4.69) is 20.1 Å². The molecule has 0 spiro atoms. The first kappa shape index (κ1) is 10.5. The van der Waals surface area contributed by atoms with Gasteiger partial charge in [-0.3, -0.25) is 4.90 Å². The Kier molecular flexibility index (Phi) is 3.24. The number of rotatable bonds is 4. The van der Waals surface area contributed by atoms with Crippen LogP contribution in [0.4, 0.5) is 5.13 Å². The third kappa shape index (κ3) is 2.95. The number of nitrogens with two attached hydrogens (primary N) is 1. The molecule has 0 radical (unpaired) electrons. The smallest absolute Gasteiger partial charge is 0.203 e. The van der Waals surface area contributed by atoms with Crippen LogP contribution >= 0.6 is 22.7 Å². The van der Waals surface area contributed by atoms with Gasteiger partial charge in [-0.05, 0) is 7.05 Å². The summed E-state index contributed by atoms with van der Waals surface area (Å²) in [6.07, 6.45) is 0. The first-order valence-corrected chi connectivity index (χ1v) is 6.13. The van der Waals surface area contributed by atoms with E-state index < -0.39 is 0 Å². The quantitative estimate of drug-likeness (QED) is 0.871. The van der Waals surface area contributed by atoms with Gasteiger partial charge in [-0.15, -0.1) is 21.5 Å². The maximum atomic E-state index is 5.51. The number of anilines is 1. The molecule has 2 heterocycles. The zero-order valence-electron chi connectivity index (χ0n) is 8.25. The maximum absolute atomic E-state index is 5.51. The molecule has 2 N–H and O–H groups in total. The molecule has 0 aliphatic carbocycles. The van der Waals surface area contributed by atoms with Gasteiger partial charge >= 0.3 is 0 Å². The molecule has 2 aromatic heterocycles. The van der Waals surface area contributed by atoms with E-state index in [4.69, 9.17) is 5.73 Å². The molecular formula is C8H11N5S2. The van der Waals surface area contributed by atoms with Crippen LogP contribution < -0.4 is 5.73 Å². The van der Waals surface area contributed by atoms with Crippen molar-refractivity contribution in [3.63, 3.8) is 0 Å². The van der Waals surface area contributed by atoms with E-state index in [-0.39, 0.29) is 0 Å². The predicted molar refractivity (Wildman–Crippen MR) is 61.6 cm³/mol. The molecule has 0 aromatic carbocycles. The molecule has 2 aromatic rings. The van der Waals surface area contributed by atoms with Crippen LogP contribution in [0.25, 0.3) is 0 Å². The van der Waals surface area contributed by atoms with E-state index in [1.54, 1.807) is 11.3 Å². The summed E-state index contributed by atoms with van der Waals surface area (Å²) >= 11 is 3.03. The van der Waals surface area contributed by atoms with Crippen LogP contribution in [0, 0.1) is 0 Å². The van der Waals surface area contributed by atoms with Crippen LogP contribution in [0.3, 0.4) is 0 Å². The second kappa shape index (κ2) is 4.65. The van der Waals surface area contributed by atoms with Gasteiger partial charge in [-0.1, -0.05) is 11.3 Å². The fraction of sp³-hybridized carbons (Fsp3) is 0.375. The number of aromatic nitrogens is 3. The van der Waals surface area contributed by atoms with Gasteiger partial charge in [0.05, 0.1) is 17.7 Å². The Labute approximate surface area is 95.6 Å². The molecule has 80 valence electrons. The van der Waals surface area contributed by atoms with Crippen molar-refractivity contribution >= 4 is 27.8 Å². The monoisotopic (exact) mass is 241 g/mol. The summed E-state index contributed by atoms with van der Waals surface area (Å²) in [5.41, 5.74) is 8.43. The van der Waals surface area contributed by atoms with E-state index in [9.17, 15) is 0 Å². The second-order valence-corrected chi connectivity index (χ2v) is 5.00. The van der Waals surface area contributed by atoms with E-state index in [0.29, 0.717) is 5.13 Å². The number of hydrogen-bond donors (Lipinski definition) is 1. The van der Waals surface area contributed by atoms with E-state index in [1.807, 2.05) is 17.9 Å². The van der Waals surface area contributed by atoms with Gasteiger partial charge in [0.15, 0.2) is 0 Å². The Hall–Kier alpha value is -1.05. The molecule has 0 atom stereocenters. The highest BCUT2D eigenvalue weighted by atomic mass is 32.1. The van der Waals surface area contributed by atoms with Gasteiger partial charge in [-0.25, -0.2) is 4.98 Å². The van der Waals surface area contributed by atoms with Crippen LogP contribution in [0.5, 0.6) is 0 Å². The van der Waals surface area contributed by atoms with E-state index in [1.165, 1.54) is 11.3 Å². The summed E-state index contributed by atoms with van der Waals surface area (Å²) in [5, 5.41) is 11.2. The highest BCUT2D eigenvalue weighted by Crippen LogP contribution is 2.14. The lowest BCUT2D eigenvalue weighted by molar-refractivity contribution is 0.314. The summed E-state index contributed by atoms with van der Waals surface area (Å²) < 4.78 is 0. The zero-order chi connectivity index (χ0) is 10.7. The highest BCUT2D eigenvalue weighted by molar-refractivity contribution is 7.15. The third-order valence-electron chi connectivity index (χ3n) is 1.80. The largest absolute Gasteiger partial charge is 0.374 e. The van der Waals surface area contributed by atoms with Gasteiger partial charge in [0.25, 0.3) is 0 Å². The highest BCUT2D eigenvalue weighted by Gasteiger charge is 2.06. The van der Waals surface area contributed by atoms with Crippen LogP contribution in [0.2, 0.25) is 0 Å². The molecule has 2 rings (SSSR count). The molecule has 15 heavy (non-hydrogen) atoms. The maximum Gasteiger partial charge on any atom is 0.203 e. The molecule has 0 saturated carbocycles. The summed E-state index contributed by atoms with van der Waals surface area (Å²) in [6.45, 7) is 1.58. The van der Waals surface area contributed by atoms with E-state index in [0.717, 1.165) is 23.8 Å². The zero-order valence-corrected chi connectivity index (χ0v) is 9.88. The van der Waals surface area contributed by atoms with Crippen molar-refractivity contribution in [1.29, 1.82) is 0 Å². The number of nitrogens with zero attached hydrogens (tertiary/aromatic N) is 4. The Morgan fingerprint density at radius 2 is 2.27 bits per heavy atom. The molecule has 0 aliphatic rings. The van der Waals surface area contributed by atoms with Crippen molar-refractivity contribution in [3.8, 4) is 0 Å². The Balaban J connectivity index is 1.90. The van der Waals surface area contributed by atoms with Gasteiger partial charge in [0, 0.05) is 11.9 Å². The lowest BCUT2D eigenvalue weighted by atomic mass is 10.4. The summed E-state index contributed by atoms with van der Waals surface area (Å²) in [7, 11) is 2.02. The van der Waals surface area contributed by atoms with Gasteiger partial charge in [0.2, 0.25) is 5.13 Å². The van der Waals surface area contributed by atoms with Crippen molar-refractivity contribution in [3.05, 3.63) is 21.6 Å². The lowest BCUT2D eigenvalue weighted by Gasteiger charge is -2.12. The van der Waals surface area contributed by atoms with E-state index >= 15 is 0 Å². The third-order valence-corrected chi connectivity index (χ3v) is 3.18. The first-order chi connectivity index (χ1) is 7.24. The van der Waals surface area contributed by atoms with Crippen LogP contribution in [-0.4, -0.2) is 27.1 Å². The minimum atomic E-state index is 0.520. The molecule has 0 bridgehead atoms. The molecule has 7 heteroatoms. The topological polar surface area (TPSA) is 67.9 Å². The average molecular weight is 241 g/mol.